The van der Waals surface area contributed by atoms with Crippen LogP contribution in [0, 0.1) is 0 Å². The molecule has 2 saturated heterocycles. The van der Waals surface area contributed by atoms with Gasteiger partial charge in [0.15, 0.2) is 5.82 Å². The molecule has 22 heavy (non-hydrogen) atoms. The molecule has 4 heterocycles. The maximum atomic E-state index is 12.5. The number of thiophene rings is 1. The van der Waals surface area contributed by atoms with E-state index in [1.807, 2.05) is 17.5 Å². The zero-order valence-electron chi connectivity index (χ0n) is 11.4. The largest absolute Gasteiger partial charge is 0.333 e. The zero-order chi connectivity index (χ0) is 15.2. The van der Waals surface area contributed by atoms with E-state index in [2.05, 4.69) is 15.5 Å². The van der Waals surface area contributed by atoms with Crippen LogP contribution < -0.4 is 5.32 Å². The molecule has 2 aromatic rings. The molecule has 0 aromatic carbocycles. The summed E-state index contributed by atoms with van der Waals surface area (Å²) in [5, 5.41) is 8.59. The van der Waals surface area contributed by atoms with E-state index in [1.54, 1.807) is 11.8 Å². The second-order valence-corrected chi connectivity index (χ2v) is 7.25. The second kappa shape index (κ2) is 5.10. The van der Waals surface area contributed by atoms with Crippen LogP contribution in [-0.4, -0.2) is 44.0 Å². The van der Waals surface area contributed by atoms with Crippen molar-refractivity contribution in [3.63, 3.8) is 0 Å². The van der Waals surface area contributed by atoms with Gasteiger partial charge >= 0.3 is 6.03 Å². The Labute approximate surface area is 134 Å². The third kappa shape index (κ3) is 2.12. The predicted octanol–water partition coefficient (Wildman–Crippen LogP) is 1.73. The van der Waals surface area contributed by atoms with E-state index >= 15 is 0 Å². The molecule has 1 atom stereocenters. The Bertz CT molecular complexity index is 721. The summed E-state index contributed by atoms with van der Waals surface area (Å²) in [6, 6.07) is 3.39. The fourth-order valence-electron chi connectivity index (χ4n) is 2.61. The van der Waals surface area contributed by atoms with Crippen molar-refractivity contribution in [2.75, 3.05) is 11.5 Å². The number of hydrogen-bond donors (Lipinski definition) is 1. The molecule has 0 saturated carbocycles. The van der Waals surface area contributed by atoms with E-state index in [1.165, 1.54) is 16.2 Å². The first-order valence-corrected chi connectivity index (χ1v) is 8.80. The van der Waals surface area contributed by atoms with Crippen molar-refractivity contribution in [1.82, 2.24) is 20.4 Å². The first-order valence-electron chi connectivity index (χ1n) is 6.76. The lowest BCUT2D eigenvalue weighted by Gasteiger charge is -2.18. The van der Waals surface area contributed by atoms with Crippen molar-refractivity contribution in [2.24, 2.45) is 0 Å². The number of thioether (sulfide) groups is 1. The lowest BCUT2D eigenvalue weighted by Crippen LogP contribution is -2.46. The quantitative estimate of drug-likeness (QED) is 0.859. The van der Waals surface area contributed by atoms with E-state index in [0.717, 1.165) is 10.6 Å². The van der Waals surface area contributed by atoms with E-state index < -0.39 is 5.54 Å². The predicted molar refractivity (Wildman–Crippen MR) is 81.4 cm³/mol. The van der Waals surface area contributed by atoms with Crippen molar-refractivity contribution in [3.8, 4) is 10.8 Å². The van der Waals surface area contributed by atoms with Crippen LogP contribution in [0.15, 0.2) is 22.0 Å². The number of nitrogens with zero attached hydrogens (tertiary/aromatic N) is 3. The molecule has 3 amide bonds. The monoisotopic (exact) mass is 336 g/mol. The van der Waals surface area contributed by atoms with Gasteiger partial charge in [0, 0.05) is 5.75 Å². The highest BCUT2D eigenvalue weighted by atomic mass is 32.2. The van der Waals surface area contributed by atoms with Gasteiger partial charge in [0.05, 0.1) is 11.4 Å². The van der Waals surface area contributed by atoms with Crippen LogP contribution in [0.2, 0.25) is 0 Å². The first-order chi connectivity index (χ1) is 10.7. The summed E-state index contributed by atoms with van der Waals surface area (Å²) in [5.74, 6) is 2.05. The molecular formula is C13H12N4O3S2. The fourth-order valence-corrected chi connectivity index (χ4v) is 4.58. The normalized spacial score (nSPS) is 24.5. The van der Waals surface area contributed by atoms with Crippen molar-refractivity contribution >= 4 is 35.0 Å². The highest BCUT2D eigenvalue weighted by molar-refractivity contribution is 7.99. The van der Waals surface area contributed by atoms with Gasteiger partial charge in [-0.25, -0.2) is 4.79 Å². The molecule has 0 unspecified atom stereocenters. The lowest BCUT2D eigenvalue weighted by atomic mass is 9.99. The second-order valence-electron chi connectivity index (χ2n) is 5.20. The molecule has 0 radical (unpaired) electrons. The molecule has 1 N–H and O–H groups in total. The Morgan fingerprint density at radius 2 is 2.36 bits per heavy atom. The minimum atomic E-state index is -0.734. The SMILES string of the molecule is O=C1N[C@]2(CCSC2)C(=O)N1Cc1noc(-c2cccs2)n1. The summed E-state index contributed by atoms with van der Waals surface area (Å²) in [6.45, 7) is 0.0337. The Morgan fingerprint density at radius 3 is 3.09 bits per heavy atom. The van der Waals surface area contributed by atoms with Gasteiger partial charge in [-0.3, -0.25) is 9.69 Å². The van der Waals surface area contributed by atoms with Crippen LogP contribution in [0.25, 0.3) is 10.8 Å². The molecule has 2 aromatic heterocycles. The average Bonchev–Trinajstić information content (AvgIpc) is 3.25. The summed E-state index contributed by atoms with van der Waals surface area (Å²) in [4.78, 5) is 30.9. The smallest absolute Gasteiger partial charge is 0.325 e. The van der Waals surface area contributed by atoms with Crippen LogP contribution >= 0.6 is 23.1 Å². The average molecular weight is 336 g/mol. The molecule has 1 spiro atoms. The van der Waals surface area contributed by atoms with Crippen LogP contribution in [0.5, 0.6) is 0 Å². The molecule has 2 aliphatic heterocycles. The number of rotatable bonds is 3. The van der Waals surface area contributed by atoms with Crippen molar-refractivity contribution in [3.05, 3.63) is 23.3 Å². The third-order valence-corrected chi connectivity index (χ3v) is 5.81. The van der Waals surface area contributed by atoms with Crippen LogP contribution in [0.4, 0.5) is 4.79 Å². The van der Waals surface area contributed by atoms with E-state index in [-0.39, 0.29) is 18.5 Å². The van der Waals surface area contributed by atoms with Gasteiger partial charge in [0.2, 0.25) is 0 Å². The molecule has 7 nitrogen and oxygen atoms in total. The highest BCUT2D eigenvalue weighted by Gasteiger charge is 2.53. The minimum absolute atomic E-state index is 0.0337. The number of nitrogens with one attached hydrogen (secondary N) is 1. The van der Waals surface area contributed by atoms with Crippen molar-refractivity contribution in [1.29, 1.82) is 0 Å². The van der Waals surface area contributed by atoms with E-state index in [0.29, 0.717) is 23.9 Å². The van der Waals surface area contributed by atoms with Gasteiger partial charge in [-0.15, -0.1) is 11.3 Å². The third-order valence-electron chi connectivity index (χ3n) is 3.77. The number of aromatic nitrogens is 2. The summed E-state index contributed by atoms with van der Waals surface area (Å²) in [7, 11) is 0. The summed E-state index contributed by atoms with van der Waals surface area (Å²) in [6.07, 6.45) is 0.672. The molecule has 2 fully saturated rings. The van der Waals surface area contributed by atoms with Gasteiger partial charge in [0.1, 0.15) is 5.54 Å². The van der Waals surface area contributed by atoms with Crippen LogP contribution in [0.1, 0.15) is 12.2 Å². The zero-order valence-corrected chi connectivity index (χ0v) is 13.1. The molecule has 114 valence electrons. The molecule has 0 aliphatic carbocycles. The Balaban J connectivity index is 1.54. The summed E-state index contributed by atoms with van der Waals surface area (Å²) < 4.78 is 5.18. The Kier molecular flexibility index (Phi) is 3.19. The first kappa shape index (κ1) is 13.8. The fraction of sp³-hybridized carbons (Fsp3) is 0.385. The maximum Gasteiger partial charge on any atom is 0.325 e. The van der Waals surface area contributed by atoms with Crippen molar-refractivity contribution in [2.45, 2.75) is 18.5 Å². The molecular weight excluding hydrogens is 324 g/mol. The lowest BCUT2D eigenvalue weighted by molar-refractivity contribution is -0.131. The van der Waals surface area contributed by atoms with E-state index in [4.69, 9.17) is 4.52 Å². The number of carbonyl (C=O) groups excluding carboxylic acids is 2. The molecule has 0 bridgehead atoms. The van der Waals surface area contributed by atoms with E-state index in [9.17, 15) is 9.59 Å². The minimum Gasteiger partial charge on any atom is -0.333 e. The van der Waals surface area contributed by atoms with Gasteiger partial charge in [-0.2, -0.15) is 16.7 Å². The number of hydrogen-bond acceptors (Lipinski definition) is 7. The number of amides is 3. The summed E-state index contributed by atoms with van der Waals surface area (Å²) >= 11 is 3.17. The van der Waals surface area contributed by atoms with Gasteiger partial charge in [-0.1, -0.05) is 11.2 Å². The highest BCUT2D eigenvalue weighted by Crippen LogP contribution is 2.34. The van der Waals surface area contributed by atoms with Crippen LogP contribution in [-0.2, 0) is 11.3 Å². The van der Waals surface area contributed by atoms with Crippen molar-refractivity contribution < 1.29 is 14.1 Å². The maximum absolute atomic E-state index is 12.5. The topological polar surface area (TPSA) is 88.3 Å². The number of carbonyl (C=O) groups is 2. The summed E-state index contributed by atoms with van der Waals surface area (Å²) in [5.41, 5.74) is -0.734. The molecule has 9 heteroatoms. The van der Waals surface area contributed by atoms with Crippen LogP contribution in [0.3, 0.4) is 0 Å². The van der Waals surface area contributed by atoms with Gasteiger partial charge in [0.25, 0.3) is 11.8 Å². The molecule has 4 rings (SSSR count). The number of urea groups is 1. The van der Waals surface area contributed by atoms with Gasteiger partial charge in [-0.05, 0) is 23.6 Å². The van der Waals surface area contributed by atoms with Gasteiger partial charge < -0.3 is 9.84 Å². The Hall–Kier alpha value is -1.87. The number of imide groups is 1. The standard InChI is InChI=1S/C13H12N4O3S2/c18-11-13(3-5-21-7-13)15-12(19)17(11)6-9-14-10(20-16-9)8-2-1-4-22-8/h1-2,4H,3,5-7H2,(H,15,19)/t13-/m0/s1. The Morgan fingerprint density at radius 1 is 1.45 bits per heavy atom. The molecule has 2 aliphatic rings.